The van der Waals surface area contributed by atoms with Gasteiger partial charge >= 0.3 is 11.9 Å². The number of esters is 2. The molecule has 0 radical (unpaired) electrons. The van der Waals surface area contributed by atoms with Crippen LogP contribution in [0.15, 0.2) is 24.3 Å². The standard InChI is InChI=1S/C48H86F4N2O5/c1-5-7-9-11-13-19-25-35-47(49,50)37-30-42-58-45(56)33-23-17-15-21-27-40-54(44(55)32-29-39-53(3)4)41-28-22-16-18-24-34-46(57)59-43-31-38-48(51,52)36-26-20-14-12-10-8-6-2/h30-31,37-38H,5-29,32-36,39-43H2,1-4H3. The van der Waals surface area contributed by atoms with Gasteiger partial charge in [-0.25, -0.2) is 17.6 Å². The van der Waals surface area contributed by atoms with Crippen molar-refractivity contribution in [1.29, 1.82) is 0 Å². The summed E-state index contributed by atoms with van der Waals surface area (Å²) >= 11 is 0. The van der Waals surface area contributed by atoms with E-state index in [9.17, 15) is 31.9 Å². The Hall–Kier alpha value is -2.43. The lowest BCUT2D eigenvalue weighted by molar-refractivity contribution is -0.143. The second-order valence-corrected chi connectivity index (χ2v) is 16.8. The van der Waals surface area contributed by atoms with Gasteiger partial charge in [0.1, 0.15) is 13.2 Å². The lowest BCUT2D eigenvalue weighted by Gasteiger charge is -2.23. The maximum Gasteiger partial charge on any atom is 0.306 e. The molecule has 7 nitrogen and oxygen atoms in total. The number of hydrogen-bond acceptors (Lipinski definition) is 6. The minimum Gasteiger partial charge on any atom is -0.461 e. The van der Waals surface area contributed by atoms with Crippen molar-refractivity contribution in [3.8, 4) is 0 Å². The largest absolute Gasteiger partial charge is 0.461 e. The van der Waals surface area contributed by atoms with E-state index in [4.69, 9.17) is 9.47 Å². The highest BCUT2D eigenvalue weighted by Crippen LogP contribution is 2.25. The molecule has 0 aliphatic rings. The van der Waals surface area contributed by atoms with Crippen molar-refractivity contribution in [2.75, 3.05) is 46.9 Å². The van der Waals surface area contributed by atoms with Crippen LogP contribution in [-0.4, -0.2) is 86.4 Å². The van der Waals surface area contributed by atoms with E-state index in [1.165, 1.54) is 50.7 Å². The topological polar surface area (TPSA) is 76.1 Å². The Balaban J connectivity index is 4.22. The fourth-order valence-electron chi connectivity index (χ4n) is 6.94. The molecule has 59 heavy (non-hydrogen) atoms. The van der Waals surface area contributed by atoms with Gasteiger partial charge in [-0.05, 0) is 89.9 Å². The average molecular weight is 847 g/mol. The van der Waals surface area contributed by atoms with Crippen molar-refractivity contribution in [1.82, 2.24) is 9.80 Å². The van der Waals surface area contributed by atoms with Gasteiger partial charge in [0.25, 0.3) is 11.8 Å². The highest BCUT2D eigenvalue weighted by atomic mass is 19.3. The van der Waals surface area contributed by atoms with Crippen LogP contribution in [0, 0.1) is 0 Å². The third kappa shape index (κ3) is 39.5. The van der Waals surface area contributed by atoms with Crippen LogP contribution in [-0.2, 0) is 23.9 Å². The maximum atomic E-state index is 14.1. The molecule has 0 spiro atoms. The first-order chi connectivity index (χ1) is 28.3. The molecular formula is C48H86F4N2O5. The lowest BCUT2D eigenvalue weighted by atomic mass is 10.1. The van der Waals surface area contributed by atoms with Crippen LogP contribution < -0.4 is 0 Å². The summed E-state index contributed by atoms with van der Waals surface area (Å²) in [5, 5.41) is 0. The summed E-state index contributed by atoms with van der Waals surface area (Å²) < 4.78 is 66.6. The third-order valence-corrected chi connectivity index (χ3v) is 10.6. The first-order valence-corrected chi connectivity index (χ1v) is 23.7. The van der Waals surface area contributed by atoms with E-state index in [-0.39, 0.29) is 56.7 Å². The second kappa shape index (κ2) is 38.5. The van der Waals surface area contributed by atoms with Crippen LogP contribution in [0.1, 0.15) is 206 Å². The van der Waals surface area contributed by atoms with Gasteiger partial charge in [0, 0.05) is 45.2 Å². The van der Waals surface area contributed by atoms with E-state index in [2.05, 4.69) is 18.7 Å². The molecule has 0 aromatic rings. The Bertz CT molecular complexity index is 1020. The SMILES string of the molecule is CCCCCCCCCC(F)(F)C=CCOC(=O)CCCCCCCN(CCCCCCCC(=O)OCC=CC(F)(F)CCCCCCCCC)C(=O)CCCN(C)C. The van der Waals surface area contributed by atoms with E-state index in [1.807, 2.05) is 19.0 Å². The summed E-state index contributed by atoms with van der Waals surface area (Å²) in [6, 6.07) is 0. The molecule has 346 valence electrons. The summed E-state index contributed by atoms with van der Waals surface area (Å²) in [6.07, 6.45) is 28.2. The van der Waals surface area contributed by atoms with Crippen LogP contribution in [0.25, 0.3) is 0 Å². The van der Waals surface area contributed by atoms with Gasteiger partial charge in [-0.15, -0.1) is 0 Å². The van der Waals surface area contributed by atoms with Crippen molar-refractivity contribution in [3.05, 3.63) is 24.3 Å². The number of unbranched alkanes of at least 4 members (excludes halogenated alkanes) is 20. The van der Waals surface area contributed by atoms with Gasteiger partial charge < -0.3 is 19.3 Å². The van der Waals surface area contributed by atoms with E-state index in [0.717, 1.165) is 115 Å². The summed E-state index contributed by atoms with van der Waals surface area (Å²) in [7, 11) is 3.99. The molecule has 0 aromatic heterocycles. The molecule has 0 saturated heterocycles. The number of hydrogen-bond donors (Lipinski definition) is 0. The summed E-state index contributed by atoms with van der Waals surface area (Å²) in [5.74, 6) is -6.32. The van der Waals surface area contributed by atoms with Gasteiger partial charge in [-0.3, -0.25) is 14.4 Å². The molecule has 0 rings (SSSR count). The van der Waals surface area contributed by atoms with Crippen molar-refractivity contribution in [2.24, 2.45) is 0 Å². The van der Waals surface area contributed by atoms with E-state index in [1.54, 1.807) is 0 Å². The van der Waals surface area contributed by atoms with E-state index >= 15 is 0 Å². The number of nitrogens with zero attached hydrogens (tertiary/aromatic N) is 2. The number of allylic oxidation sites excluding steroid dienone is 2. The Morgan fingerprint density at radius 1 is 0.458 bits per heavy atom. The smallest absolute Gasteiger partial charge is 0.306 e. The van der Waals surface area contributed by atoms with Crippen LogP contribution >= 0.6 is 0 Å². The van der Waals surface area contributed by atoms with Gasteiger partial charge in [0.2, 0.25) is 5.91 Å². The van der Waals surface area contributed by atoms with Crippen molar-refractivity contribution < 1.29 is 41.4 Å². The molecule has 0 heterocycles. The van der Waals surface area contributed by atoms with Gasteiger partial charge in [-0.1, -0.05) is 129 Å². The Labute approximate surface area is 357 Å². The third-order valence-electron chi connectivity index (χ3n) is 10.6. The predicted octanol–water partition coefficient (Wildman–Crippen LogP) is 13.6. The zero-order valence-corrected chi connectivity index (χ0v) is 38.0. The maximum absolute atomic E-state index is 14.1. The minimum atomic E-state index is -2.87. The van der Waals surface area contributed by atoms with Crippen molar-refractivity contribution in [3.63, 3.8) is 0 Å². The predicted molar refractivity (Wildman–Crippen MR) is 235 cm³/mol. The minimum absolute atomic E-state index is 0.135. The molecule has 0 aliphatic carbocycles. The molecule has 0 fully saturated rings. The number of alkyl halides is 4. The summed E-state index contributed by atoms with van der Waals surface area (Å²) in [4.78, 5) is 41.2. The van der Waals surface area contributed by atoms with Crippen LogP contribution in [0.5, 0.6) is 0 Å². The number of rotatable bonds is 42. The Morgan fingerprint density at radius 3 is 1.20 bits per heavy atom. The van der Waals surface area contributed by atoms with Gasteiger partial charge in [0.15, 0.2) is 0 Å². The number of carbonyl (C=O) groups excluding carboxylic acids is 3. The zero-order valence-electron chi connectivity index (χ0n) is 38.0. The lowest BCUT2D eigenvalue weighted by Crippen LogP contribution is -2.33. The number of halogens is 4. The fraction of sp³-hybridized carbons (Fsp3) is 0.854. The first kappa shape index (κ1) is 56.6. The Morgan fingerprint density at radius 2 is 0.814 bits per heavy atom. The van der Waals surface area contributed by atoms with Crippen LogP contribution in [0.3, 0.4) is 0 Å². The number of carbonyl (C=O) groups is 3. The normalized spacial score (nSPS) is 12.3. The number of amides is 1. The molecule has 0 unspecified atom stereocenters. The molecule has 0 N–H and O–H groups in total. The molecule has 1 amide bonds. The monoisotopic (exact) mass is 847 g/mol. The molecule has 0 aromatic carbocycles. The van der Waals surface area contributed by atoms with Crippen molar-refractivity contribution >= 4 is 17.8 Å². The Kier molecular flexibility index (Phi) is 36.9. The van der Waals surface area contributed by atoms with Crippen molar-refractivity contribution in [2.45, 2.75) is 218 Å². The van der Waals surface area contributed by atoms with E-state index in [0.29, 0.717) is 45.2 Å². The number of ether oxygens (including phenoxy) is 2. The molecular weight excluding hydrogens is 761 g/mol. The fourth-order valence-corrected chi connectivity index (χ4v) is 6.94. The molecule has 11 heteroatoms. The highest BCUT2D eigenvalue weighted by Gasteiger charge is 2.24. The van der Waals surface area contributed by atoms with Gasteiger partial charge in [-0.2, -0.15) is 0 Å². The molecule has 0 aliphatic heterocycles. The highest BCUT2D eigenvalue weighted by molar-refractivity contribution is 5.76. The van der Waals surface area contributed by atoms with E-state index < -0.39 is 11.8 Å². The summed E-state index contributed by atoms with van der Waals surface area (Å²) in [5.41, 5.74) is 0. The molecule has 0 bridgehead atoms. The van der Waals surface area contributed by atoms with Crippen LogP contribution in [0.4, 0.5) is 17.6 Å². The second-order valence-electron chi connectivity index (χ2n) is 16.8. The summed E-state index contributed by atoms with van der Waals surface area (Å²) in [6.45, 7) is 6.29. The average Bonchev–Trinajstić information content (AvgIpc) is 3.18. The zero-order chi connectivity index (χ0) is 43.9. The molecule has 0 atom stereocenters. The first-order valence-electron chi connectivity index (χ1n) is 23.7. The molecule has 0 saturated carbocycles. The van der Waals surface area contributed by atoms with Crippen LogP contribution in [0.2, 0.25) is 0 Å². The quantitative estimate of drug-likeness (QED) is 0.0264. The van der Waals surface area contributed by atoms with Gasteiger partial charge in [0.05, 0.1) is 0 Å².